The van der Waals surface area contributed by atoms with E-state index in [-0.39, 0.29) is 11.4 Å². The number of rotatable bonds is 4. The molecular weight excluding hydrogens is 260 g/mol. The SMILES string of the molecule is O=C(/C(=C/Cl)C(O)c1ccccc1)c1ccccc1. The van der Waals surface area contributed by atoms with Crippen LogP contribution in [0.15, 0.2) is 71.8 Å². The minimum atomic E-state index is -1.02. The van der Waals surface area contributed by atoms with Crippen LogP contribution in [0.4, 0.5) is 0 Å². The van der Waals surface area contributed by atoms with E-state index in [4.69, 9.17) is 11.6 Å². The van der Waals surface area contributed by atoms with Gasteiger partial charge in [-0.05, 0) is 5.56 Å². The molecule has 0 saturated heterocycles. The highest BCUT2D eigenvalue weighted by molar-refractivity contribution is 6.29. The van der Waals surface area contributed by atoms with Gasteiger partial charge in [0.25, 0.3) is 0 Å². The zero-order valence-corrected chi connectivity index (χ0v) is 10.9. The van der Waals surface area contributed by atoms with Crippen molar-refractivity contribution in [3.8, 4) is 0 Å². The lowest BCUT2D eigenvalue weighted by Gasteiger charge is -2.13. The van der Waals surface area contributed by atoms with Gasteiger partial charge >= 0.3 is 0 Å². The lowest BCUT2D eigenvalue weighted by molar-refractivity contribution is 0.0987. The molecule has 1 unspecified atom stereocenters. The van der Waals surface area contributed by atoms with Gasteiger partial charge in [0.2, 0.25) is 0 Å². The maximum Gasteiger partial charge on any atom is 0.192 e. The molecule has 0 bridgehead atoms. The summed E-state index contributed by atoms with van der Waals surface area (Å²) in [6.07, 6.45) is -1.02. The molecule has 3 heteroatoms. The summed E-state index contributed by atoms with van der Waals surface area (Å²) in [5.41, 5.74) is 2.45. The average Bonchev–Trinajstić information content (AvgIpc) is 2.49. The molecule has 0 spiro atoms. The van der Waals surface area contributed by atoms with Gasteiger partial charge in [-0.15, -0.1) is 0 Å². The van der Waals surface area contributed by atoms with E-state index in [0.29, 0.717) is 11.1 Å². The molecule has 96 valence electrons. The topological polar surface area (TPSA) is 37.3 Å². The van der Waals surface area contributed by atoms with Gasteiger partial charge in [-0.2, -0.15) is 0 Å². The molecule has 2 nitrogen and oxygen atoms in total. The quantitative estimate of drug-likeness (QED) is 0.680. The second-order valence-electron chi connectivity index (χ2n) is 4.07. The summed E-state index contributed by atoms with van der Waals surface area (Å²) in [5, 5.41) is 10.2. The Bertz CT molecular complexity index is 576. The molecule has 0 saturated carbocycles. The molecule has 2 aromatic carbocycles. The van der Waals surface area contributed by atoms with E-state index < -0.39 is 6.10 Å². The summed E-state index contributed by atoms with van der Waals surface area (Å²) in [6, 6.07) is 17.7. The van der Waals surface area contributed by atoms with Crippen LogP contribution in [-0.4, -0.2) is 10.9 Å². The number of carbonyl (C=O) groups excluding carboxylic acids is 1. The summed E-state index contributed by atoms with van der Waals surface area (Å²) in [7, 11) is 0. The predicted molar refractivity (Wildman–Crippen MR) is 76.1 cm³/mol. The van der Waals surface area contributed by atoms with Crippen molar-refractivity contribution < 1.29 is 9.90 Å². The summed E-state index contributed by atoms with van der Waals surface area (Å²) in [5.74, 6) is -0.271. The Morgan fingerprint density at radius 2 is 1.53 bits per heavy atom. The fourth-order valence-corrected chi connectivity index (χ4v) is 2.02. The van der Waals surface area contributed by atoms with Gasteiger partial charge in [0.1, 0.15) is 6.10 Å². The van der Waals surface area contributed by atoms with Gasteiger partial charge in [-0.3, -0.25) is 4.79 Å². The lowest BCUT2D eigenvalue weighted by atomic mass is 9.96. The van der Waals surface area contributed by atoms with Crippen molar-refractivity contribution in [1.82, 2.24) is 0 Å². The highest BCUT2D eigenvalue weighted by Crippen LogP contribution is 2.25. The third-order valence-corrected chi connectivity index (χ3v) is 3.06. The van der Waals surface area contributed by atoms with Gasteiger partial charge in [-0.1, -0.05) is 72.3 Å². The minimum Gasteiger partial charge on any atom is -0.383 e. The Morgan fingerprint density at radius 1 is 1.00 bits per heavy atom. The van der Waals surface area contributed by atoms with Crippen LogP contribution >= 0.6 is 11.6 Å². The lowest BCUT2D eigenvalue weighted by Crippen LogP contribution is -2.11. The minimum absolute atomic E-state index is 0.166. The van der Waals surface area contributed by atoms with Crippen LogP contribution in [-0.2, 0) is 0 Å². The highest BCUT2D eigenvalue weighted by atomic mass is 35.5. The first-order valence-corrected chi connectivity index (χ1v) is 6.30. The van der Waals surface area contributed by atoms with Crippen LogP contribution in [0.25, 0.3) is 0 Å². The Kier molecular flexibility index (Phi) is 4.50. The molecule has 0 amide bonds. The molecule has 2 rings (SSSR count). The van der Waals surface area contributed by atoms with E-state index in [1.165, 1.54) is 0 Å². The molecule has 19 heavy (non-hydrogen) atoms. The number of carbonyl (C=O) groups is 1. The van der Waals surface area contributed by atoms with E-state index in [1.54, 1.807) is 48.5 Å². The summed E-state index contributed by atoms with van der Waals surface area (Å²) in [4.78, 5) is 12.3. The number of benzene rings is 2. The van der Waals surface area contributed by atoms with Crippen LogP contribution in [0.3, 0.4) is 0 Å². The first-order valence-electron chi connectivity index (χ1n) is 5.87. The third kappa shape index (κ3) is 3.11. The van der Waals surface area contributed by atoms with Crippen molar-refractivity contribution >= 4 is 17.4 Å². The second-order valence-corrected chi connectivity index (χ2v) is 4.29. The van der Waals surface area contributed by atoms with Gasteiger partial charge in [0, 0.05) is 16.7 Å². The number of ketones is 1. The Morgan fingerprint density at radius 3 is 2.05 bits per heavy atom. The Balaban J connectivity index is 2.29. The normalized spacial score (nSPS) is 13.1. The maximum absolute atomic E-state index is 12.3. The summed E-state index contributed by atoms with van der Waals surface area (Å²) >= 11 is 5.71. The fourth-order valence-electron chi connectivity index (χ4n) is 1.80. The zero-order chi connectivity index (χ0) is 13.7. The van der Waals surface area contributed by atoms with E-state index >= 15 is 0 Å². The second kappa shape index (κ2) is 6.32. The molecule has 0 heterocycles. The Hall–Kier alpha value is -1.90. The van der Waals surface area contributed by atoms with Crippen LogP contribution in [0.2, 0.25) is 0 Å². The molecule has 1 atom stereocenters. The van der Waals surface area contributed by atoms with Gasteiger partial charge in [0.15, 0.2) is 5.78 Å². The summed E-state index contributed by atoms with van der Waals surface area (Å²) in [6.45, 7) is 0. The molecular formula is C16H13ClO2. The van der Waals surface area contributed by atoms with Crippen LogP contribution < -0.4 is 0 Å². The number of aliphatic hydroxyl groups excluding tert-OH is 1. The zero-order valence-electron chi connectivity index (χ0n) is 10.2. The van der Waals surface area contributed by atoms with Crippen molar-refractivity contribution in [2.45, 2.75) is 6.10 Å². The number of halogens is 1. The molecule has 2 aromatic rings. The van der Waals surface area contributed by atoms with E-state index in [9.17, 15) is 9.90 Å². The van der Waals surface area contributed by atoms with E-state index in [1.807, 2.05) is 12.1 Å². The van der Waals surface area contributed by atoms with Crippen molar-refractivity contribution in [2.75, 3.05) is 0 Å². The first kappa shape index (κ1) is 13.5. The molecule has 1 N–H and O–H groups in total. The van der Waals surface area contributed by atoms with Gasteiger partial charge < -0.3 is 5.11 Å². The standard InChI is InChI=1S/C16H13ClO2/c17-11-14(15(18)12-7-3-1-4-8-12)16(19)13-9-5-2-6-10-13/h1-11,15,18H/b14-11+. The van der Waals surface area contributed by atoms with Crippen LogP contribution in [0.1, 0.15) is 22.0 Å². The predicted octanol–water partition coefficient (Wildman–Crippen LogP) is 3.73. The molecule has 0 aliphatic carbocycles. The highest BCUT2D eigenvalue weighted by Gasteiger charge is 2.21. The fraction of sp³-hybridized carbons (Fsp3) is 0.0625. The number of hydrogen-bond donors (Lipinski definition) is 1. The third-order valence-electron chi connectivity index (χ3n) is 2.83. The smallest absolute Gasteiger partial charge is 0.192 e. The van der Waals surface area contributed by atoms with Crippen molar-refractivity contribution in [3.63, 3.8) is 0 Å². The monoisotopic (exact) mass is 272 g/mol. The number of Topliss-reactive ketones (excluding diaryl/α,β-unsaturated/α-hetero) is 1. The first-order chi connectivity index (χ1) is 9.24. The molecule has 0 aliphatic heterocycles. The van der Waals surface area contributed by atoms with E-state index in [2.05, 4.69) is 0 Å². The molecule has 0 aliphatic rings. The number of hydrogen-bond acceptors (Lipinski definition) is 2. The van der Waals surface area contributed by atoms with Crippen molar-refractivity contribution in [2.24, 2.45) is 0 Å². The summed E-state index contributed by atoms with van der Waals surface area (Å²) < 4.78 is 0. The van der Waals surface area contributed by atoms with Crippen LogP contribution in [0.5, 0.6) is 0 Å². The van der Waals surface area contributed by atoms with Crippen LogP contribution in [0, 0.1) is 0 Å². The van der Waals surface area contributed by atoms with Gasteiger partial charge in [-0.25, -0.2) is 0 Å². The van der Waals surface area contributed by atoms with Crippen molar-refractivity contribution in [1.29, 1.82) is 0 Å². The Labute approximate surface area is 117 Å². The number of aliphatic hydroxyl groups is 1. The molecule has 0 fully saturated rings. The maximum atomic E-state index is 12.3. The largest absolute Gasteiger partial charge is 0.383 e. The molecule has 0 radical (unpaired) electrons. The van der Waals surface area contributed by atoms with E-state index in [0.717, 1.165) is 5.54 Å². The average molecular weight is 273 g/mol. The van der Waals surface area contributed by atoms with Crippen molar-refractivity contribution in [3.05, 3.63) is 82.9 Å². The molecule has 0 aromatic heterocycles. The van der Waals surface area contributed by atoms with Gasteiger partial charge in [0.05, 0.1) is 0 Å².